The third-order valence-corrected chi connectivity index (χ3v) is 4.15. The van der Waals surface area contributed by atoms with Crippen molar-refractivity contribution in [3.05, 3.63) is 45.4 Å². The lowest BCUT2D eigenvalue weighted by atomic mass is 10.1. The second kappa shape index (κ2) is 7.62. The Morgan fingerprint density at radius 1 is 1.35 bits per heavy atom. The zero-order valence-corrected chi connectivity index (χ0v) is 13.3. The molecule has 0 fully saturated rings. The van der Waals surface area contributed by atoms with E-state index in [1.807, 2.05) is 25.3 Å². The highest BCUT2D eigenvalue weighted by Crippen LogP contribution is 2.31. The second-order valence-corrected chi connectivity index (χ2v) is 6.16. The van der Waals surface area contributed by atoms with Gasteiger partial charge < -0.3 is 10.1 Å². The van der Waals surface area contributed by atoms with Gasteiger partial charge in [0.2, 0.25) is 0 Å². The first kappa shape index (κ1) is 15.3. The number of hydrogen-bond acceptors (Lipinski definition) is 4. The van der Waals surface area contributed by atoms with Gasteiger partial charge in [-0.25, -0.2) is 0 Å². The monoisotopic (exact) mass is 310 g/mol. The van der Waals surface area contributed by atoms with Crippen molar-refractivity contribution in [2.24, 2.45) is 0 Å². The van der Waals surface area contributed by atoms with Crippen molar-refractivity contribution in [1.82, 2.24) is 10.3 Å². The van der Waals surface area contributed by atoms with Crippen molar-refractivity contribution in [3.8, 4) is 5.75 Å². The van der Waals surface area contributed by atoms with E-state index in [0.29, 0.717) is 6.61 Å². The SMILES string of the molecule is CCCNC(c1cncc(OCC)c1)c1ccc(Cl)s1. The molecular weight excluding hydrogens is 292 g/mol. The molecule has 1 atom stereocenters. The lowest BCUT2D eigenvalue weighted by Gasteiger charge is -2.18. The number of nitrogens with zero attached hydrogens (tertiary/aromatic N) is 1. The van der Waals surface area contributed by atoms with Gasteiger partial charge in [-0.2, -0.15) is 0 Å². The molecule has 2 aromatic rings. The van der Waals surface area contributed by atoms with Crippen LogP contribution < -0.4 is 10.1 Å². The molecule has 0 saturated carbocycles. The summed E-state index contributed by atoms with van der Waals surface area (Å²) in [5.41, 5.74) is 1.10. The molecule has 0 bridgehead atoms. The second-order valence-electron chi connectivity index (χ2n) is 4.42. The van der Waals surface area contributed by atoms with Crippen LogP contribution in [0.5, 0.6) is 5.75 Å². The van der Waals surface area contributed by atoms with E-state index in [4.69, 9.17) is 16.3 Å². The Kier molecular flexibility index (Phi) is 5.83. The Hall–Kier alpha value is -1.10. The van der Waals surface area contributed by atoms with Crippen LogP contribution in [-0.2, 0) is 0 Å². The molecule has 0 aliphatic heterocycles. The molecule has 2 heterocycles. The zero-order valence-electron chi connectivity index (χ0n) is 11.7. The minimum atomic E-state index is 0.111. The van der Waals surface area contributed by atoms with Gasteiger partial charge in [0.15, 0.2) is 0 Å². The van der Waals surface area contributed by atoms with Gasteiger partial charge in [0.1, 0.15) is 5.75 Å². The molecule has 2 rings (SSSR count). The maximum atomic E-state index is 6.06. The molecule has 0 saturated heterocycles. The summed E-state index contributed by atoms with van der Waals surface area (Å²) in [6, 6.07) is 6.15. The average molecular weight is 311 g/mol. The van der Waals surface area contributed by atoms with Crippen LogP contribution in [0, 0.1) is 0 Å². The van der Waals surface area contributed by atoms with E-state index in [0.717, 1.165) is 28.6 Å². The van der Waals surface area contributed by atoms with E-state index in [1.54, 1.807) is 17.5 Å². The first-order valence-electron chi connectivity index (χ1n) is 6.81. The quantitative estimate of drug-likeness (QED) is 0.828. The predicted molar refractivity (Wildman–Crippen MR) is 84.9 cm³/mol. The molecule has 0 aliphatic rings. The molecule has 0 aromatic carbocycles. The topological polar surface area (TPSA) is 34.2 Å². The number of aromatic nitrogens is 1. The minimum absolute atomic E-state index is 0.111. The van der Waals surface area contributed by atoms with Gasteiger partial charge >= 0.3 is 0 Å². The van der Waals surface area contributed by atoms with Crippen LogP contribution in [0.25, 0.3) is 0 Å². The predicted octanol–water partition coefficient (Wildman–Crippen LogP) is 4.28. The highest BCUT2D eigenvalue weighted by Gasteiger charge is 2.16. The summed E-state index contributed by atoms with van der Waals surface area (Å²) < 4.78 is 6.33. The third-order valence-electron chi connectivity index (χ3n) is 2.86. The summed E-state index contributed by atoms with van der Waals surface area (Å²) in [5.74, 6) is 0.802. The van der Waals surface area contributed by atoms with Crippen molar-refractivity contribution in [3.63, 3.8) is 0 Å². The van der Waals surface area contributed by atoms with Crippen LogP contribution >= 0.6 is 22.9 Å². The van der Waals surface area contributed by atoms with Gasteiger partial charge in [-0.1, -0.05) is 18.5 Å². The van der Waals surface area contributed by atoms with Gasteiger partial charge in [-0.3, -0.25) is 4.98 Å². The Morgan fingerprint density at radius 3 is 2.85 bits per heavy atom. The molecule has 0 amide bonds. The minimum Gasteiger partial charge on any atom is -0.492 e. The van der Waals surface area contributed by atoms with Crippen LogP contribution in [0.4, 0.5) is 0 Å². The maximum absolute atomic E-state index is 6.06. The fourth-order valence-corrected chi connectivity index (χ4v) is 3.16. The summed E-state index contributed by atoms with van der Waals surface area (Å²) in [6.45, 7) is 5.71. The molecule has 1 unspecified atom stereocenters. The van der Waals surface area contributed by atoms with Crippen molar-refractivity contribution in [2.75, 3.05) is 13.2 Å². The number of rotatable bonds is 7. The summed E-state index contributed by atoms with van der Waals surface area (Å²) >= 11 is 7.65. The van der Waals surface area contributed by atoms with Crippen molar-refractivity contribution in [1.29, 1.82) is 0 Å². The van der Waals surface area contributed by atoms with E-state index >= 15 is 0 Å². The molecule has 2 aromatic heterocycles. The van der Waals surface area contributed by atoms with Crippen LogP contribution in [0.1, 0.15) is 36.8 Å². The number of ether oxygens (including phenoxy) is 1. The van der Waals surface area contributed by atoms with Crippen LogP contribution in [-0.4, -0.2) is 18.1 Å². The Bertz CT molecular complexity index is 544. The molecule has 20 heavy (non-hydrogen) atoms. The van der Waals surface area contributed by atoms with Gasteiger partial charge in [-0.15, -0.1) is 11.3 Å². The molecule has 0 aliphatic carbocycles. The largest absolute Gasteiger partial charge is 0.492 e. The van der Waals surface area contributed by atoms with Crippen LogP contribution in [0.3, 0.4) is 0 Å². The van der Waals surface area contributed by atoms with Crippen molar-refractivity contribution >= 4 is 22.9 Å². The van der Waals surface area contributed by atoms with Crippen LogP contribution in [0.2, 0.25) is 4.34 Å². The number of pyridine rings is 1. The zero-order chi connectivity index (χ0) is 14.4. The van der Waals surface area contributed by atoms with Gasteiger partial charge in [0.25, 0.3) is 0 Å². The van der Waals surface area contributed by atoms with E-state index in [1.165, 1.54) is 4.88 Å². The van der Waals surface area contributed by atoms with Gasteiger partial charge in [0.05, 0.1) is 23.2 Å². The van der Waals surface area contributed by atoms with Gasteiger partial charge in [0, 0.05) is 11.1 Å². The lowest BCUT2D eigenvalue weighted by Crippen LogP contribution is -2.22. The normalized spacial score (nSPS) is 12.3. The molecular formula is C15H19ClN2OS. The highest BCUT2D eigenvalue weighted by molar-refractivity contribution is 7.16. The maximum Gasteiger partial charge on any atom is 0.137 e. The highest BCUT2D eigenvalue weighted by atomic mass is 35.5. The summed E-state index contributed by atoms with van der Waals surface area (Å²) in [6.07, 6.45) is 4.70. The Morgan fingerprint density at radius 2 is 2.20 bits per heavy atom. The first-order valence-corrected chi connectivity index (χ1v) is 8.00. The number of nitrogens with one attached hydrogen (secondary N) is 1. The van der Waals surface area contributed by atoms with Crippen molar-refractivity contribution in [2.45, 2.75) is 26.3 Å². The lowest BCUT2D eigenvalue weighted by molar-refractivity contribution is 0.338. The summed E-state index contributed by atoms with van der Waals surface area (Å²) in [5, 5.41) is 3.54. The van der Waals surface area contributed by atoms with E-state index in [-0.39, 0.29) is 6.04 Å². The molecule has 5 heteroatoms. The van der Waals surface area contributed by atoms with E-state index < -0.39 is 0 Å². The molecule has 108 valence electrons. The average Bonchev–Trinajstić information content (AvgIpc) is 2.87. The fraction of sp³-hybridized carbons (Fsp3) is 0.400. The number of hydrogen-bond donors (Lipinski definition) is 1. The first-order chi connectivity index (χ1) is 9.74. The molecule has 3 nitrogen and oxygen atoms in total. The Balaban J connectivity index is 2.28. The van der Waals surface area contributed by atoms with Crippen molar-refractivity contribution < 1.29 is 4.74 Å². The molecule has 0 radical (unpaired) electrons. The van der Waals surface area contributed by atoms with E-state index in [2.05, 4.69) is 23.3 Å². The third kappa shape index (κ3) is 3.95. The smallest absolute Gasteiger partial charge is 0.137 e. The summed E-state index contributed by atoms with van der Waals surface area (Å²) in [4.78, 5) is 5.46. The molecule has 1 N–H and O–H groups in total. The van der Waals surface area contributed by atoms with Gasteiger partial charge in [-0.05, 0) is 43.7 Å². The molecule has 0 spiro atoms. The summed E-state index contributed by atoms with van der Waals surface area (Å²) in [7, 11) is 0. The fourth-order valence-electron chi connectivity index (χ4n) is 1.99. The number of halogens is 1. The van der Waals surface area contributed by atoms with E-state index in [9.17, 15) is 0 Å². The number of thiophene rings is 1. The Labute approximate surface area is 129 Å². The van der Waals surface area contributed by atoms with Crippen LogP contribution in [0.15, 0.2) is 30.6 Å². The standard InChI is InChI=1S/C15H19ClN2OS/c1-3-7-18-15(13-5-6-14(16)20-13)11-8-12(19-4-2)10-17-9-11/h5-6,8-10,15,18H,3-4,7H2,1-2H3.